The summed E-state index contributed by atoms with van der Waals surface area (Å²) in [5.74, 6) is -0.0463. The monoisotopic (exact) mass is 435 g/mol. The number of nitrogens with zero attached hydrogens (tertiary/aromatic N) is 2. The first-order valence-electron chi connectivity index (χ1n) is 10.8. The van der Waals surface area contributed by atoms with Crippen molar-refractivity contribution in [3.8, 4) is 0 Å². The van der Waals surface area contributed by atoms with Gasteiger partial charge >= 0.3 is 0 Å². The van der Waals surface area contributed by atoms with Gasteiger partial charge in [-0.3, -0.25) is 9.59 Å². The second-order valence-corrected chi connectivity index (χ2v) is 7.44. The Morgan fingerprint density at radius 1 is 1.06 bits per heavy atom. The van der Waals surface area contributed by atoms with Crippen LogP contribution in [0.5, 0.6) is 0 Å². The van der Waals surface area contributed by atoms with E-state index in [4.69, 9.17) is 9.26 Å². The maximum Gasteiger partial charge on any atom is 0.245 e. The molecule has 1 aromatic heterocycles. The van der Waals surface area contributed by atoms with E-state index in [1.54, 1.807) is 17.9 Å². The maximum atomic E-state index is 13.8. The summed E-state index contributed by atoms with van der Waals surface area (Å²) in [7, 11) is 0. The van der Waals surface area contributed by atoms with Crippen molar-refractivity contribution in [3.05, 3.63) is 83.6 Å². The van der Waals surface area contributed by atoms with E-state index in [2.05, 4.69) is 10.5 Å². The lowest BCUT2D eigenvalue weighted by Crippen LogP contribution is -2.42. The van der Waals surface area contributed by atoms with E-state index < -0.39 is 5.92 Å². The first-order valence-corrected chi connectivity index (χ1v) is 10.8. The molecule has 0 atom stereocenters. The Labute approximate surface area is 188 Å². The van der Waals surface area contributed by atoms with Crippen LogP contribution in [0.3, 0.4) is 0 Å². The molecule has 0 fully saturated rings. The van der Waals surface area contributed by atoms with E-state index in [1.807, 2.05) is 67.6 Å². The minimum atomic E-state index is -0.508. The standard InChI is InChI=1S/C25H29N3O4/c1-3-31-16-10-15-28(18-23(29)26-22-17-19(2)32-27-22)25(30)24(20-11-6-4-7-12-20)21-13-8-5-9-14-21/h4-9,11-14,17,24H,3,10,15-16,18H2,1-2H3,(H,26,27,29). The number of rotatable bonds is 11. The molecule has 0 saturated carbocycles. The van der Waals surface area contributed by atoms with Crippen LogP contribution in [0.15, 0.2) is 71.3 Å². The van der Waals surface area contributed by atoms with Crippen molar-refractivity contribution in [2.45, 2.75) is 26.2 Å². The molecular formula is C25H29N3O4. The van der Waals surface area contributed by atoms with Crippen LogP contribution in [-0.2, 0) is 14.3 Å². The smallest absolute Gasteiger partial charge is 0.245 e. The second-order valence-electron chi connectivity index (χ2n) is 7.44. The largest absolute Gasteiger partial charge is 0.382 e. The number of aryl methyl sites for hydroxylation is 1. The van der Waals surface area contributed by atoms with Gasteiger partial charge in [-0.05, 0) is 31.4 Å². The van der Waals surface area contributed by atoms with Gasteiger partial charge in [0.1, 0.15) is 5.76 Å². The number of anilines is 1. The highest BCUT2D eigenvalue weighted by Crippen LogP contribution is 2.27. The molecule has 2 aromatic carbocycles. The minimum Gasteiger partial charge on any atom is -0.382 e. The van der Waals surface area contributed by atoms with Gasteiger partial charge in [0, 0.05) is 25.8 Å². The molecule has 2 amide bonds. The fourth-order valence-corrected chi connectivity index (χ4v) is 3.50. The zero-order valence-corrected chi connectivity index (χ0v) is 18.5. The van der Waals surface area contributed by atoms with Crippen molar-refractivity contribution in [2.75, 3.05) is 31.6 Å². The number of hydrogen-bond donors (Lipinski definition) is 1. The molecule has 7 heteroatoms. The Morgan fingerprint density at radius 2 is 1.69 bits per heavy atom. The molecule has 1 N–H and O–H groups in total. The molecule has 0 aliphatic carbocycles. The van der Waals surface area contributed by atoms with Crippen LogP contribution in [0.2, 0.25) is 0 Å². The predicted molar refractivity (Wildman–Crippen MR) is 122 cm³/mol. The first kappa shape index (κ1) is 23.2. The van der Waals surface area contributed by atoms with Crippen molar-refractivity contribution in [1.29, 1.82) is 0 Å². The normalized spacial score (nSPS) is 10.8. The number of hydrogen-bond acceptors (Lipinski definition) is 5. The van der Waals surface area contributed by atoms with E-state index in [-0.39, 0.29) is 18.4 Å². The van der Waals surface area contributed by atoms with Crippen LogP contribution < -0.4 is 5.32 Å². The lowest BCUT2D eigenvalue weighted by Gasteiger charge is -2.27. The molecule has 1 heterocycles. The zero-order valence-electron chi connectivity index (χ0n) is 18.5. The molecule has 0 aliphatic heterocycles. The summed E-state index contributed by atoms with van der Waals surface area (Å²) in [5, 5.41) is 6.49. The molecule has 3 rings (SSSR count). The maximum absolute atomic E-state index is 13.8. The molecule has 7 nitrogen and oxygen atoms in total. The summed E-state index contributed by atoms with van der Waals surface area (Å²) >= 11 is 0. The summed E-state index contributed by atoms with van der Waals surface area (Å²) in [5.41, 5.74) is 1.76. The summed E-state index contributed by atoms with van der Waals surface area (Å²) in [6, 6.07) is 20.9. The van der Waals surface area contributed by atoms with Crippen LogP contribution in [0.4, 0.5) is 5.82 Å². The van der Waals surface area contributed by atoms with Gasteiger partial charge in [0.2, 0.25) is 11.8 Å². The van der Waals surface area contributed by atoms with Gasteiger partial charge in [0.25, 0.3) is 0 Å². The third-order valence-corrected chi connectivity index (χ3v) is 4.98. The Balaban J connectivity index is 1.82. The number of nitrogens with one attached hydrogen (secondary N) is 1. The molecule has 168 valence electrons. The highest BCUT2D eigenvalue weighted by molar-refractivity contribution is 5.95. The Bertz CT molecular complexity index is 949. The molecule has 0 aliphatic rings. The SMILES string of the molecule is CCOCCCN(CC(=O)Nc1cc(C)on1)C(=O)C(c1ccccc1)c1ccccc1. The van der Waals surface area contributed by atoms with Crippen LogP contribution in [0.25, 0.3) is 0 Å². The van der Waals surface area contributed by atoms with Gasteiger partial charge < -0.3 is 19.5 Å². The predicted octanol–water partition coefficient (Wildman–Crippen LogP) is 4.01. The van der Waals surface area contributed by atoms with Crippen molar-refractivity contribution in [2.24, 2.45) is 0 Å². The average molecular weight is 436 g/mol. The van der Waals surface area contributed by atoms with Gasteiger partial charge in [0.15, 0.2) is 5.82 Å². The molecule has 0 spiro atoms. The van der Waals surface area contributed by atoms with Gasteiger partial charge in [-0.1, -0.05) is 65.8 Å². The number of ether oxygens (including phenoxy) is 1. The molecule has 0 radical (unpaired) electrons. The highest BCUT2D eigenvalue weighted by atomic mass is 16.5. The van der Waals surface area contributed by atoms with Crippen LogP contribution >= 0.6 is 0 Å². The topological polar surface area (TPSA) is 84.7 Å². The number of amides is 2. The highest BCUT2D eigenvalue weighted by Gasteiger charge is 2.28. The van der Waals surface area contributed by atoms with Crippen molar-refractivity contribution >= 4 is 17.6 Å². The molecule has 32 heavy (non-hydrogen) atoms. The number of carbonyl (C=O) groups excluding carboxylic acids is 2. The lowest BCUT2D eigenvalue weighted by atomic mass is 9.90. The fourth-order valence-electron chi connectivity index (χ4n) is 3.50. The fraction of sp³-hybridized carbons (Fsp3) is 0.320. The van der Waals surface area contributed by atoms with E-state index in [0.717, 1.165) is 11.1 Å². The van der Waals surface area contributed by atoms with Crippen LogP contribution in [-0.4, -0.2) is 48.2 Å². The summed E-state index contributed by atoms with van der Waals surface area (Å²) < 4.78 is 10.4. The van der Waals surface area contributed by atoms with E-state index in [0.29, 0.717) is 37.8 Å². The van der Waals surface area contributed by atoms with E-state index in [9.17, 15) is 9.59 Å². The molecular weight excluding hydrogens is 406 g/mol. The number of benzene rings is 2. The van der Waals surface area contributed by atoms with Gasteiger partial charge in [0.05, 0.1) is 12.5 Å². The van der Waals surface area contributed by atoms with Gasteiger partial charge in [-0.15, -0.1) is 0 Å². The summed E-state index contributed by atoms with van der Waals surface area (Å²) in [6.07, 6.45) is 0.631. The molecule has 0 saturated heterocycles. The Morgan fingerprint density at radius 3 is 2.22 bits per heavy atom. The summed E-state index contributed by atoms with van der Waals surface area (Å²) in [6.45, 7) is 5.11. The second kappa shape index (κ2) is 11.8. The van der Waals surface area contributed by atoms with Crippen LogP contribution in [0, 0.1) is 6.92 Å². The third-order valence-electron chi connectivity index (χ3n) is 4.98. The molecule has 0 unspecified atom stereocenters. The van der Waals surface area contributed by atoms with Crippen molar-refractivity contribution < 1.29 is 18.8 Å². The molecule has 3 aromatic rings. The average Bonchev–Trinajstić information content (AvgIpc) is 3.21. The zero-order chi connectivity index (χ0) is 22.8. The number of carbonyl (C=O) groups is 2. The Hall–Kier alpha value is -3.45. The van der Waals surface area contributed by atoms with Gasteiger partial charge in [-0.2, -0.15) is 0 Å². The van der Waals surface area contributed by atoms with Crippen molar-refractivity contribution in [1.82, 2.24) is 10.1 Å². The first-order chi connectivity index (χ1) is 15.6. The van der Waals surface area contributed by atoms with E-state index in [1.165, 1.54) is 0 Å². The summed E-state index contributed by atoms with van der Waals surface area (Å²) in [4.78, 5) is 28.1. The number of aromatic nitrogens is 1. The molecule has 0 bridgehead atoms. The van der Waals surface area contributed by atoms with E-state index >= 15 is 0 Å². The minimum absolute atomic E-state index is 0.0902. The van der Waals surface area contributed by atoms with Crippen molar-refractivity contribution in [3.63, 3.8) is 0 Å². The van der Waals surface area contributed by atoms with Gasteiger partial charge in [-0.25, -0.2) is 0 Å². The Kier molecular flexibility index (Phi) is 8.57. The third kappa shape index (κ3) is 6.52. The lowest BCUT2D eigenvalue weighted by molar-refractivity contribution is -0.135. The van der Waals surface area contributed by atoms with Crippen LogP contribution in [0.1, 0.15) is 36.1 Å². The quantitative estimate of drug-likeness (QED) is 0.460.